The third-order valence-corrected chi connectivity index (χ3v) is 1.89. The average Bonchev–Trinajstić information content (AvgIpc) is 2.47. The Hall–Kier alpha value is -1.02. The predicted molar refractivity (Wildman–Crippen MR) is 48.8 cm³/mol. The van der Waals surface area contributed by atoms with E-state index in [1.807, 2.05) is 26.0 Å². The first kappa shape index (κ1) is 9.07. The van der Waals surface area contributed by atoms with Gasteiger partial charge in [-0.05, 0) is 36.6 Å². The molecule has 66 valence electrons. The fraction of sp³-hybridized carbons (Fsp3) is 0.400. The first-order chi connectivity index (χ1) is 5.77. The van der Waals surface area contributed by atoms with Gasteiger partial charge in [0.1, 0.15) is 5.76 Å². The number of hydrogen-bond donors (Lipinski definition) is 1. The van der Waals surface area contributed by atoms with Crippen molar-refractivity contribution in [1.29, 1.82) is 0 Å². The molecule has 2 heteroatoms. The molecule has 0 aliphatic rings. The van der Waals surface area contributed by atoms with Gasteiger partial charge in [0.25, 0.3) is 0 Å². The summed E-state index contributed by atoms with van der Waals surface area (Å²) in [6.07, 6.45) is 4.41. The fourth-order valence-electron chi connectivity index (χ4n) is 0.977. The minimum Gasteiger partial charge on any atom is -0.465 e. The van der Waals surface area contributed by atoms with Gasteiger partial charge in [0.2, 0.25) is 0 Å². The van der Waals surface area contributed by atoms with Crippen molar-refractivity contribution in [2.24, 2.45) is 0 Å². The highest BCUT2D eigenvalue weighted by Crippen LogP contribution is 2.14. The molecule has 0 aromatic carbocycles. The predicted octanol–water partition coefficient (Wildman–Crippen LogP) is 2.37. The van der Waals surface area contributed by atoms with E-state index in [4.69, 9.17) is 9.52 Å². The van der Waals surface area contributed by atoms with Crippen molar-refractivity contribution >= 4 is 6.08 Å². The summed E-state index contributed by atoms with van der Waals surface area (Å²) in [5.41, 5.74) is 2.10. The van der Waals surface area contributed by atoms with Crippen molar-refractivity contribution in [3.63, 3.8) is 0 Å². The maximum absolute atomic E-state index is 8.91. The summed E-state index contributed by atoms with van der Waals surface area (Å²) < 4.78 is 5.21. The lowest BCUT2D eigenvalue weighted by Crippen LogP contribution is -1.87. The van der Waals surface area contributed by atoms with E-state index < -0.39 is 0 Å². The highest BCUT2D eigenvalue weighted by molar-refractivity contribution is 5.50. The Morgan fingerprint density at radius 2 is 2.42 bits per heavy atom. The molecule has 0 radical (unpaired) electrons. The van der Waals surface area contributed by atoms with E-state index in [2.05, 4.69) is 0 Å². The monoisotopic (exact) mass is 166 g/mol. The Morgan fingerprint density at radius 1 is 1.67 bits per heavy atom. The minimum atomic E-state index is 0.108. The highest BCUT2D eigenvalue weighted by Gasteiger charge is 1.99. The van der Waals surface area contributed by atoms with E-state index in [0.717, 1.165) is 23.3 Å². The van der Waals surface area contributed by atoms with Crippen LogP contribution >= 0.6 is 0 Å². The molecular weight excluding hydrogens is 152 g/mol. The van der Waals surface area contributed by atoms with E-state index in [-0.39, 0.29) is 6.61 Å². The van der Waals surface area contributed by atoms with Crippen molar-refractivity contribution in [3.8, 4) is 0 Å². The molecule has 1 heterocycles. The Labute approximate surface area is 72.5 Å². The van der Waals surface area contributed by atoms with Gasteiger partial charge in [0.05, 0.1) is 12.9 Å². The molecule has 0 aliphatic heterocycles. The van der Waals surface area contributed by atoms with E-state index in [1.165, 1.54) is 0 Å². The van der Waals surface area contributed by atoms with Crippen LogP contribution in [0.1, 0.15) is 24.7 Å². The van der Waals surface area contributed by atoms with E-state index in [1.54, 1.807) is 6.26 Å². The maximum Gasteiger partial charge on any atom is 0.129 e. The molecule has 0 saturated heterocycles. The summed E-state index contributed by atoms with van der Waals surface area (Å²) >= 11 is 0. The van der Waals surface area contributed by atoms with Gasteiger partial charge in [0, 0.05) is 0 Å². The summed E-state index contributed by atoms with van der Waals surface area (Å²) in [5, 5.41) is 8.91. The van der Waals surface area contributed by atoms with Gasteiger partial charge in [-0.15, -0.1) is 0 Å². The van der Waals surface area contributed by atoms with Gasteiger partial charge in [-0.3, -0.25) is 0 Å². The third kappa shape index (κ3) is 1.98. The molecule has 0 unspecified atom stereocenters. The smallest absolute Gasteiger partial charge is 0.129 e. The highest BCUT2D eigenvalue weighted by atomic mass is 16.3. The fourth-order valence-corrected chi connectivity index (χ4v) is 0.977. The lowest BCUT2D eigenvalue weighted by Gasteiger charge is -1.97. The van der Waals surface area contributed by atoms with Crippen LogP contribution in [0.3, 0.4) is 0 Å². The standard InChI is InChI=1S/C10H14O2/c1-3-9(7-11)6-10-8(2)4-5-12-10/h4-6,11H,3,7H2,1-2H3/b9-6-. The first-order valence-electron chi connectivity index (χ1n) is 4.12. The van der Waals surface area contributed by atoms with Crippen molar-refractivity contribution in [2.45, 2.75) is 20.3 Å². The molecule has 1 N–H and O–H groups in total. The van der Waals surface area contributed by atoms with E-state index in [0.29, 0.717) is 0 Å². The molecule has 1 rings (SSSR count). The molecule has 0 amide bonds. The van der Waals surface area contributed by atoms with Crippen molar-refractivity contribution in [3.05, 3.63) is 29.2 Å². The molecule has 2 nitrogen and oxygen atoms in total. The second-order valence-corrected chi connectivity index (χ2v) is 2.78. The second kappa shape index (κ2) is 4.12. The Morgan fingerprint density at radius 3 is 2.83 bits per heavy atom. The summed E-state index contributed by atoms with van der Waals surface area (Å²) in [6.45, 7) is 4.11. The SMILES string of the molecule is CC/C(=C/c1occc1C)CO. The van der Waals surface area contributed by atoms with Crippen LogP contribution in [-0.2, 0) is 0 Å². The van der Waals surface area contributed by atoms with Crippen LogP contribution in [0.2, 0.25) is 0 Å². The van der Waals surface area contributed by atoms with Gasteiger partial charge < -0.3 is 9.52 Å². The molecule has 12 heavy (non-hydrogen) atoms. The van der Waals surface area contributed by atoms with Crippen LogP contribution in [-0.4, -0.2) is 11.7 Å². The summed E-state index contributed by atoms with van der Waals surface area (Å²) in [7, 11) is 0. The van der Waals surface area contributed by atoms with Crippen molar-refractivity contribution < 1.29 is 9.52 Å². The molecule has 0 bridgehead atoms. The zero-order chi connectivity index (χ0) is 8.97. The Kier molecular flexibility index (Phi) is 3.11. The van der Waals surface area contributed by atoms with Crippen LogP contribution in [0.25, 0.3) is 6.08 Å². The molecule has 1 aromatic heterocycles. The van der Waals surface area contributed by atoms with Crippen LogP contribution in [0.5, 0.6) is 0 Å². The molecule has 0 aliphatic carbocycles. The van der Waals surface area contributed by atoms with Gasteiger partial charge in [-0.1, -0.05) is 6.92 Å². The minimum absolute atomic E-state index is 0.108. The number of hydrogen-bond acceptors (Lipinski definition) is 2. The van der Waals surface area contributed by atoms with E-state index in [9.17, 15) is 0 Å². The number of aliphatic hydroxyl groups excluding tert-OH is 1. The lowest BCUT2D eigenvalue weighted by molar-refractivity contribution is 0.328. The largest absolute Gasteiger partial charge is 0.465 e. The topological polar surface area (TPSA) is 33.4 Å². The number of furan rings is 1. The summed E-state index contributed by atoms with van der Waals surface area (Å²) in [4.78, 5) is 0. The molecule has 0 spiro atoms. The van der Waals surface area contributed by atoms with Gasteiger partial charge in [-0.2, -0.15) is 0 Å². The number of rotatable bonds is 3. The van der Waals surface area contributed by atoms with Gasteiger partial charge in [0.15, 0.2) is 0 Å². The zero-order valence-corrected chi connectivity index (χ0v) is 7.50. The van der Waals surface area contributed by atoms with Crippen molar-refractivity contribution in [1.82, 2.24) is 0 Å². The summed E-state index contributed by atoms with van der Waals surface area (Å²) in [6, 6.07) is 1.91. The Bertz CT molecular complexity index is 265. The first-order valence-corrected chi connectivity index (χ1v) is 4.12. The Balaban J connectivity index is 2.85. The maximum atomic E-state index is 8.91. The molecular formula is C10H14O2. The molecule has 1 aromatic rings. The normalized spacial score (nSPS) is 12.1. The number of aryl methyl sites for hydroxylation is 1. The molecule has 0 atom stereocenters. The molecule has 0 fully saturated rings. The third-order valence-electron chi connectivity index (χ3n) is 1.89. The van der Waals surface area contributed by atoms with Crippen LogP contribution in [0.4, 0.5) is 0 Å². The quantitative estimate of drug-likeness (QED) is 0.747. The zero-order valence-electron chi connectivity index (χ0n) is 7.50. The van der Waals surface area contributed by atoms with Crippen LogP contribution in [0.15, 0.2) is 22.3 Å². The van der Waals surface area contributed by atoms with Gasteiger partial charge in [-0.25, -0.2) is 0 Å². The van der Waals surface area contributed by atoms with Gasteiger partial charge >= 0.3 is 0 Å². The second-order valence-electron chi connectivity index (χ2n) is 2.78. The number of aliphatic hydroxyl groups is 1. The van der Waals surface area contributed by atoms with E-state index >= 15 is 0 Å². The lowest BCUT2D eigenvalue weighted by atomic mass is 10.1. The van der Waals surface area contributed by atoms with Crippen LogP contribution < -0.4 is 0 Å². The molecule has 0 saturated carbocycles. The average molecular weight is 166 g/mol. The van der Waals surface area contributed by atoms with Crippen molar-refractivity contribution in [2.75, 3.05) is 6.61 Å². The summed E-state index contributed by atoms with van der Waals surface area (Å²) in [5.74, 6) is 0.848. The van der Waals surface area contributed by atoms with Crippen LogP contribution in [0, 0.1) is 6.92 Å².